The first-order valence-corrected chi connectivity index (χ1v) is 8.05. The summed E-state index contributed by atoms with van der Waals surface area (Å²) in [5, 5.41) is 6.40. The van der Waals surface area contributed by atoms with Crippen molar-refractivity contribution in [3.63, 3.8) is 0 Å². The summed E-state index contributed by atoms with van der Waals surface area (Å²) in [6.07, 6.45) is 4.51. The third-order valence-corrected chi connectivity index (χ3v) is 4.22. The molecule has 7 nitrogen and oxygen atoms in total. The lowest BCUT2D eigenvalue weighted by Gasteiger charge is -2.18. The first kappa shape index (κ1) is 16.2. The topological polar surface area (TPSA) is 119 Å². The smallest absolute Gasteiger partial charge is 0.254 e. The number of hydrogen-bond donors (Lipinski definition) is 4. The van der Waals surface area contributed by atoms with Crippen molar-refractivity contribution in [3.8, 4) is 0 Å². The van der Waals surface area contributed by atoms with Crippen LogP contribution in [0, 0.1) is 6.92 Å². The van der Waals surface area contributed by atoms with E-state index in [2.05, 4.69) is 20.6 Å². The third-order valence-electron chi connectivity index (χ3n) is 4.22. The van der Waals surface area contributed by atoms with Gasteiger partial charge in [-0.2, -0.15) is 4.98 Å². The maximum atomic E-state index is 11.6. The second-order valence-corrected chi connectivity index (χ2v) is 6.16. The molecule has 0 spiro atoms. The van der Waals surface area contributed by atoms with Crippen molar-refractivity contribution < 1.29 is 4.79 Å². The highest BCUT2D eigenvalue weighted by Gasteiger charge is 2.24. The monoisotopic (exact) mass is 326 g/mol. The summed E-state index contributed by atoms with van der Waals surface area (Å²) in [7, 11) is 0. The number of aryl methyl sites for hydroxylation is 1. The lowest BCUT2D eigenvalue weighted by atomic mass is 10.2. The molecule has 2 atom stereocenters. The Morgan fingerprint density at radius 2 is 2.17 bits per heavy atom. The van der Waals surface area contributed by atoms with Gasteiger partial charge in [-0.3, -0.25) is 4.79 Å². The molecule has 1 aromatic heterocycles. The number of nitrogens with one attached hydrogen (secondary N) is 2. The average Bonchev–Trinajstić information content (AvgIpc) is 2.92. The zero-order valence-corrected chi connectivity index (χ0v) is 13.6. The van der Waals surface area contributed by atoms with E-state index in [9.17, 15) is 4.79 Å². The van der Waals surface area contributed by atoms with Crippen LogP contribution in [0.25, 0.3) is 0 Å². The van der Waals surface area contributed by atoms with Crippen LogP contribution in [0.1, 0.15) is 35.2 Å². The molecule has 126 valence electrons. The minimum absolute atomic E-state index is 0.0950. The van der Waals surface area contributed by atoms with Crippen molar-refractivity contribution in [2.45, 2.75) is 38.3 Å². The van der Waals surface area contributed by atoms with Gasteiger partial charge in [-0.1, -0.05) is 12.1 Å². The Bertz CT molecular complexity index is 748. The molecule has 1 aromatic carbocycles. The Balaban J connectivity index is 1.87. The van der Waals surface area contributed by atoms with Crippen LogP contribution in [0.4, 0.5) is 17.5 Å². The number of rotatable bonds is 5. The Morgan fingerprint density at radius 1 is 1.33 bits per heavy atom. The van der Waals surface area contributed by atoms with Gasteiger partial charge in [-0.05, 0) is 43.9 Å². The van der Waals surface area contributed by atoms with Crippen molar-refractivity contribution in [1.29, 1.82) is 0 Å². The fourth-order valence-corrected chi connectivity index (χ4v) is 2.92. The molecule has 6 N–H and O–H groups in total. The van der Waals surface area contributed by atoms with Crippen LogP contribution >= 0.6 is 0 Å². The van der Waals surface area contributed by atoms with Crippen LogP contribution in [0.15, 0.2) is 30.5 Å². The minimum atomic E-state index is -0.575. The number of amides is 1. The number of carbonyl (C=O) groups excluding carboxylic acids is 1. The Kier molecular flexibility index (Phi) is 4.61. The summed E-state index contributed by atoms with van der Waals surface area (Å²) < 4.78 is 0. The number of carbonyl (C=O) groups is 1. The summed E-state index contributed by atoms with van der Waals surface area (Å²) in [4.78, 5) is 20.3. The van der Waals surface area contributed by atoms with E-state index in [4.69, 9.17) is 11.5 Å². The Labute approximate surface area is 140 Å². The van der Waals surface area contributed by atoms with Crippen molar-refractivity contribution >= 4 is 23.4 Å². The number of nitrogens with two attached hydrogens (primary N) is 2. The van der Waals surface area contributed by atoms with E-state index in [1.165, 1.54) is 6.20 Å². The first-order chi connectivity index (χ1) is 11.5. The molecule has 1 amide bonds. The molecule has 0 aliphatic heterocycles. The van der Waals surface area contributed by atoms with Gasteiger partial charge < -0.3 is 22.1 Å². The normalized spacial score (nSPS) is 19.9. The van der Waals surface area contributed by atoms with Crippen LogP contribution < -0.4 is 22.1 Å². The SMILES string of the molecule is Cc1cccc(Nc2nc(N[C@@H]3CCCC3N)ncc2C(N)=O)c1. The standard InChI is InChI=1S/C17H22N6O/c1-10-4-2-5-11(8-10)21-16-12(15(19)24)9-20-17(23-16)22-14-7-3-6-13(14)18/h2,4-5,8-9,13-14H,3,6-7,18H2,1H3,(H2,19,24)(H2,20,21,22,23)/t13?,14-/m1/s1. The van der Waals surface area contributed by atoms with Crippen molar-refractivity contribution in [2.24, 2.45) is 11.5 Å². The Hall–Kier alpha value is -2.67. The van der Waals surface area contributed by atoms with Crippen LogP contribution in [-0.4, -0.2) is 28.0 Å². The molecule has 3 rings (SSSR count). The maximum Gasteiger partial charge on any atom is 0.254 e. The summed E-state index contributed by atoms with van der Waals surface area (Å²) in [6, 6.07) is 8.04. The molecule has 7 heteroatoms. The van der Waals surface area contributed by atoms with Gasteiger partial charge in [0.2, 0.25) is 5.95 Å². The molecule has 1 saturated carbocycles. The summed E-state index contributed by atoms with van der Waals surface area (Å²) in [5.41, 5.74) is 13.7. The zero-order chi connectivity index (χ0) is 17.1. The molecule has 24 heavy (non-hydrogen) atoms. The van der Waals surface area contributed by atoms with E-state index >= 15 is 0 Å². The molecule has 0 bridgehead atoms. The predicted molar refractivity (Wildman–Crippen MR) is 94.2 cm³/mol. The lowest BCUT2D eigenvalue weighted by molar-refractivity contribution is 0.100. The van der Waals surface area contributed by atoms with Gasteiger partial charge in [0.1, 0.15) is 11.4 Å². The highest BCUT2D eigenvalue weighted by Crippen LogP contribution is 2.23. The second-order valence-electron chi connectivity index (χ2n) is 6.16. The molecule has 1 fully saturated rings. The summed E-state index contributed by atoms with van der Waals surface area (Å²) >= 11 is 0. The van der Waals surface area contributed by atoms with Gasteiger partial charge in [-0.25, -0.2) is 4.98 Å². The number of aromatic nitrogens is 2. The largest absolute Gasteiger partial charge is 0.365 e. The van der Waals surface area contributed by atoms with Gasteiger partial charge in [-0.15, -0.1) is 0 Å². The summed E-state index contributed by atoms with van der Waals surface area (Å²) in [5.74, 6) is 0.254. The molecule has 1 unspecified atom stereocenters. The van der Waals surface area contributed by atoms with E-state index in [1.807, 2.05) is 31.2 Å². The van der Waals surface area contributed by atoms with Crippen LogP contribution in [0.2, 0.25) is 0 Å². The van der Waals surface area contributed by atoms with E-state index < -0.39 is 5.91 Å². The van der Waals surface area contributed by atoms with Crippen LogP contribution in [0.3, 0.4) is 0 Å². The molecule has 1 aliphatic rings. The predicted octanol–water partition coefficient (Wildman–Crippen LogP) is 1.92. The van der Waals surface area contributed by atoms with E-state index in [1.54, 1.807) is 0 Å². The van der Waals surface area contributed by atoms with E-state index in [-0.39, 0.29) is 17.6 Å². The van der Waals surface area contributed by atoms with Crippen LogP contribution in [-0.2, 0) is 0 Å². The molecule has 1 aliphatic carbocycles. The number of anilines is 3. The zero-order valence-electron chi connectivity index (χ0n) is 13.6. The molecule has 1 heterocycles. The van der Waals surface area contributed by atoms with Gasteiger partial charge in [0.25, 0.3) is 5.91 Å². The van der Waals surface area contributed by atoms with E-state index in [0.717, 1.165) is 30.5 Å². The molecule has 0 radical (unpaired) electrons. The van der Waals surface area contributed by atoms with E-state index in [0.29, 0.717) is 11.8 Å². The molecule has 2 aromatic rings. The highest BCUT2D eigenvalue weighted by molar-refractivity contribution is 5.98. The quantitative estimate of drug-likeness (QED) is 0.666. The molecular weight excluding hydrogens is 304 g/mol. The second kappa shape index (κ2) is 6.84. The fraction of sp³-hybridized carbons (Fsp3) is 0.353. The number of benzene rings is 1. The average molecular weight is 326 g/mol. The van der Waals surface area contributed by atoms with Gasteiger partial charge in [0, 0.05) is 24.0 Å². The third kappa shape index (κ3) is 3.62. The lowest BCUT2D eigenvalue weighted by Crippen LogP contribution is -2.35. The van der Waals surface area contributed by atoms with Crippen molar-refractivity contribution in [3.05, 3.63) is 41.6 Å². The van der Waals surface area contributed by atoms with Crippen LogP contribution in [0.5, 0.6) is 0 Å². The van der Waals surface area contributed by atoms with Gasteiger partial charge in [0.15, 0.2) is 0 Å². The fourth-order valence-electron chi connectivity index (χ4n) is 2.92. The molecule has 0 saturated heterocycles. The number of nitrogens with zero attached hydrogens (tertiary/aromatic N) is 2. The van der Waals surface area contributed by atoms with Gasteiger partial charge >= 0.3 is 0 Å². The number of hydrogen-bond acceptors (Lipinski definition) is 6. The van der Waals surface area contributed by atoms with Crippen molar-refractivity contribution in [2.75, 3.05) is 10.6 Å². The first-order valence-electron chi connectivity index (χ1n) is 8.05. The minimum Gasteiger partial charge on any atom is -0.365 e. The Morgan fingerprint density at radius 3 is 2.83 bits per heavy atom. The number of primary amides is 1. The summed E-state index contributed by atoms with van der Waals surface area (Å²) in [6.45, 7) is 1.99. The van der Waals surface area contributed by atoms with Gasteiger partial charge in [0.05, 0.1) is 0 Å². The highest BCUT2D eigenvalue weighted by atomic mass is 16.1. The van der Waals surface area contributed by atoms with Crippen molar-refractivity contribution in [1.82, 2.24) is 9.97 Å². The maximum absolute atomic E-state index is 11.6. The molecular formula is C17H22N6O.